The number of nitrogens with zero attached hydrogens (tertiary/aromatic N) is 1. The van der Waals surface area contributed by atoms with Crippen molar-refractivity contribution in [1.29, 1.82) is 0 Å². The second-order valence-corrected chi connectivity index (χ2v) is 4.84. The lowest BCUT2D eigenvalue weighted by Gasteiger charge is -2.21. The predicted octanol–water partition coefficient (Wildman–Crippen LogP) is 2.03. The first-order valence-corrected chi connectivity index (χ1v) is 6.70. The lowest BCUT2D eigenvalue weighted by Crippen LogP contribution is -2.46. The van der Waals surface area contributed by atoms with Crippen LogP contribution in [0.15, 0.2) is 24.3 Å². The molecular weight excluding hydrogens is 276 g/mol. The van der Waals surface area contributed by atoms with E-state index in [9.17, 15) is 14.9 Å². The van der Waals surface area contributed by atoms with Crippen molar-refractivity contribution in [3.8, 4) is 5.75 Å². The van der Waals surface area contributed by atoms with Crippen LogP contribution in [0.5, 0.6) is 5.75 Å². The van der Waals surface area contributed by atoms with Crippen LogP contribution >= 0.6 is 0 Å². The number of nitro groups is 1. The summed E-state index contributed by atoms with van der Waals surface area (Å²) in [5.74, 6) is -0.0283. The number of hydrogen-bond acceptors (Lipinski definition) is 6. The summed E-state index contributed by atoms with van der Waals surface area (Å²) in [6.45, 7) is 3.93. The summed E-state index contributed by atoms with van der Waals surface area (Å²) in [6, 6.07) is 5.94. The van der Waals surface area contributed by atoms with Gasteiger partial charge in [-0.15, -0.1) is 0 Å². The van der Waals surface area contributed by atoms with Gasteiger partial charge < -0.3 is 15.2 Å². The Morgan fingerprint density at radius 3 is 2.81 bits per heavy atom. The zero-order valence-corrected chi connectivity index (χ0v) is 12.2. The van der Waals surface area contributed by atoms with Gasteiger partial charge in [-0.3, -0.25) is 14.9 Å². The Morgan fingerprint density at radius 1 is 1.48 bits per heavy atom. The van der Waals surface area contributed by atoms with Gasteiger partial charge in [0.05, 0.1) is 24.2 Å². The van der Waals surface area contributed by atoms with E-state index in [1.807, 2.05) is 0 Å². The molecule has 0 bridgehead atoms. The van der Waals surface area contributed by atoms with Gasteiger partial charge in [0.1, 0.15) is 11.3 Å². The fourth-order valence-corrected chi connectivity index (χ4v) is 1.71. The van der Waals surface area contributed by atoms with Crippen LogP contribution < -0.4 is 10.5 Å². The highest BCUT2D eigenvalue weighted by atomic mass is 16.6. The van der Waals surface area contributed by atoms with Gasteiger partial charge in [0.15, 0.2) is 0 Å². The molecule has 21 heavy (non-hydrogen) atoms. The molecule has 0 heterocycles. The Bertz CT molecular complexity index is 502. The molecule has 0 saturated carbocycles. The number of hydrogen-bond donors (Lipinski definition) is 1. The molecule has 0 aliphatic rings. The van der Waals surface area contributed by atoms with Crippen LogP contribution in [0, 0.1) is 10.1 Å². The molecule has 1 aromatic rings. The van der Waals surface area contributed by atoms with Gasteiger partial charge in [0.25, 0.3) is 5.69 Å². The maximum Gasteiger partial charge on any atom is 0.325 e. The van der Waals surface area contributed by atoms with Gasteiger partial charge in [-0.05, 0) is 32.8 Å². The van der Waals surface area contributed by atoms with Crippen molar-refractivity contribution < 1.29 is 19.2 Å². The average molecular weight is 296 g/mol. The summed E-state index contributed by atoms with van der Waals surface area (Å²) in [5.41, 5.74) is 4.79. The Morgan fingerprint density at radius 2 is 2.19 bits per heavy atom. The number of nitrogens with two attached hydrogens (primary N) is 1. The molecule has 7 heteroatoms. The topological polar surface area (TPSA) is 105 Å². The first-order valence-electron chi connectivity index (χ1n) is 6.70. The van der Waals surface area contributed by atoms with Crippen molar-refractivity contribution in [2.45, 2.75) is 32.2 Å². The van der Waals surface area contributed by atoms with E-state index < -0.39 is 16.4 Å². The number of carbonyl (C=O) groups is 1. The van der Waals surface area contributed by atoms with Gasteiger partial charge in [0, 0.05) is 6.07 Å². The van der Waals surface area contributed by atoms with E-state index in [4.69, 9.17) is 15.2 Å². The molecule has 0 saturated heterocycles. The Balaban J connectivity index is 2.42. The van der Waals surface area contributed by atoms with Crippen molar-refractivity contribution in [3.63, 3.8) is 0 Å². The van der Waals surface area contributed by atoms with Crippen LogP contribution in [0.2, 0.25) is 0 Å². The minimum Gasteiger partial charge on any atom is -0.493 e. The minimum atomic E-state index is -1.05. The molecular formula is C14H20N2O5. The Hall–Kier alpha value is -2.15. The molecule has 7 nitrogen and oxygen atoms in total. The van der Waals surface area contributed by atoms with Gasteiger partial charge >= 0.3 is 5.97 Å². The SMILES string of the molecule is CCOC(=O)C(C)(N)CCCOc1cccc([N+](=O)[O-])c1. The third kappa shape index (κ3) is 5.39. The molecule has 116 valence electrons. The molecule has 0 fully saturated rings. The minimum absolute atomic E-state index is 0.0253. The third-order valence-corrected chi connectivity index (χ3v) is 2.88. The van der Waals surface area contributed by atoms with Gasteiger partial charge in [-0.2, -0.15) is 0 Å². The molecule has 1 atom stereocenters. The molecule has 2 N–H and O–H groups in total. The van der Waals surface area contributed by atoms with E-state index in [0.29, 0.717) is 25.2 Å². The lowest BCUT2D eigenvalue weighted by atomic mass is 9.98. The highest BCUT2D eigenvalue weighted by molar-refractivity contribution is 5.79. The van der Waals surface area contributed by atoms with Crippen molar-refractivity contribution in [1.82, 2.24) is 0 Å². The summed E-state index contributed by atoms with van der Waals surface area (Å²) in [4.78, 5) is 21.7. The summed E-state index contributed by atoms with van der Waals surface area (Å²) in [5, 5.41) is 10.6. The van der Waals surface area contributed by atoms with E-state index in [1.54, 1.807) is 26.0 Å². The second kappa shape index (κ2) is 7.58. The molecule has 1 unspecified atom stereocenters. The fourth-order valence-electron chi connectivity index (χ4n) is 1.71. The number of ether oxygens (including phenoxy) is 2. The normalized spacial score (nSPS) is 13.3. The number of benzene rings is 1. The van der Waals surface area contributed by atoms with E-state index in [-0.39, 0.29) is 12.3 Å². The van der Waals surface area contributed by atoms with E-state index in [2.05, 4.69) is 0 Å². The van der Waals surface area contributed by atoms with E-state index >= 15 is 0 Å². The van der Waals surface area contributed by atoms with Crippen LogP contribution in [-0.2, 0) is 9.53 Å². The molecule has 1 aromatic carbocycles. The standard InChI is InChI=1S/C14H20N2O5/c1-3-20-13(17)14(2,15)8-5-9-21-12-7-4-6-11(10-12)16(18)19/h4,6-7,10H,3,5,8-9,15H2,1-2H3. The molecule has 0 amide bonds. The average Bonchev–Trinajstić information content (AvgIpc) is 2.44. The largest absolute Gasteiger partial charge is 0.493 e. The highest BCUT2D eigenvalue weighted by Gasteiger charge is 2.29. The summed E-state index contributed by atoms with van der Waals surface area (Å²) in [6.07, 6.45) is 0.940. The Kier molecular flexibility index (Phi) is 6.10. The van der Waals surface area contributed by atoms with Crippen molar-refractivity contribution in [3.05, 3.63) is 34.4 Å². The predicted molar refractivity (Wildman–Crippen MR) is 77.1 cm³/mol. The van der Waals surface area contributed by atoms with Crippen LogP contribution in [0.1, 0.15) is 26.7 Å². The van der Waals surface area contributed by atoms with E-state index in [1.165, 1.54) is 12.1 Å². The third-order valence-electron chi connectivity index (χ3n) is 2.88. The summed E-state index contributed by atoms with van der Waals surface area (Å²) >= 11 is 0. The van der Waals surface area contributed by atoms with Gasteiger partial charge in [-0.25, -0.2) is 0 Å². The van der Waals surface area contributed by atoms with Gasteiger partial charge in [-0.1, -0.05) is 6.07 Å². The molecule has 0 aromatic heterocycles. The fraction of sp³-hybridized carbons (Fsp3) is 0.500. The molecule has 0 spiro atoms. The quantitative estimate of drug-likeness (QED) is 0.340. The van der Waals surface area contributed by atoms with Crippen molar-refractivity contribution in [2.24, 2.45) is 5.73 Å². The first kappa shape index (κ1) is 16.9. The highest BCUT2D eigenvalue weighted by Crippen LogP contribution is 2.19. The molecule has 1 rings (SSSR count). The summed E-state index contributed by atoms with van der Waals surface area (Å²) in [7, 11) is 0. The van der Waals surface area contributed by atoms with Gasteiger partial charge in [0.2, 0.25) is 0 Å². The first-order chi connectivity index (χ1) is 9.86. The van der Waals surface area contributed by atoms with Crippen LogP contribution in [-0.4, -0.2) is 29.6 Å². The van der Waals surface area contributed by atoms with Crippen LogP contribution in [0.3, 0.4) is 0 Å². The number of nitro benzene ring substituents is 1. The van der Waals surface area contributed by atoms with Crippen LogP contribution in [0.25, 0.3) is 0 Å². The zero-order valence-electron chi connectivity index (χ0n) is 12.2. The Labute approximate surface area is 123 Å². The van der Waals surface area contributed by atoms with Crippen LogP contribution in [0.4, 0.5) is 5.69 Å². The van der Waals surface area contributed by atoms with Crippen molar-refractivity contribution >= 4 is 11.7 Å². The number of carbonyl (C=O) groups excluding carboxylic acids is 1. The summed E-state index contributed by atoms with van der Waals surface area (Å²) < 4.78 is 10.3. The lowest BCUT2D eigenvalue weighted by molar-refractivity contribution is -0.384. The molecule has 0 radical (unpaired) electrons. The maximum absolute atomic E-state index is 11.6. The monoisotopic (exact) mass is 296 g/mol. The maximum atomic E-state index is 11.6. The molecule has 0 aliphatic heterocycles. The zero-order chi connectivity index (χ0) is 15.9. The number of rotatable bonds is 8. The number of non-ortho nitro benzene ring substituents is 1. The van der Waals surface area contributed by atoms with E-state index in [0.717, 1.165) is 0 Å². The number of esters is 1. The smallest absolute Gasteiger partial charge is 0.325 e. The van der Waals surface area contributed by atoms with Crippen molar-refractivity contribution in [2.75, 3.05) is 13.2 Å². The second-order valence-electron chi connectivity index (χ2n) is 4.84. The molecule has 0 aliphatic carbocycles.